The lowest BCUT2D eigenvalue weighted by Crippen LogP contribution is -2.10. The molecule has 84 valence electrons. The minimum absolute atomic E-state index is 0.372. The Bertz CT molecular complexity index is 500. The number of hydrogen-bond donors (Lipinski definition) is 2. The lowest BCUT2D eigenvalue weighted by Gasteiger charge is -2.08. The molecule has 1 heterocycles. The van der Waals surface area contributed by atoms with E-state index in [9.17, 15) is 8.78 Å². The highest BCUT2D eigenvalue weighted by Crippen LogP contribution is 2.23. The van der Waals surface area contributed by atoms with Crippen LogP contribution in [0, 0.1) is 0 Å². The molecule has 0 aliphatic carbocycles. The van der Waals surface area contributed by atoms with E-state index in [1.165, 1.54) is 0 Å². The van der Waals surface area contributed by atoms with E-state index in [4.69, 9.17) is 5.73 Å². The van der Waals surface area contributed by atoms with Gasteiger partial charge in [-0.3, -0.25) is 4.98 Å². The Morgan fingerprint density at radius 1 is 1.31 bits per heavy atom. The third kappa shape index (κ3) is 2.18. The van der Waals surface area contributed by atoms with E-state index in [1.807, 2.05) is 0 Å². The standard InChI is InChI=1S/C11H11F2N3/c12-11(13)6-16-9-3-4-15-10-5-7(14)1-2-8(9)10/h1-5,11H,6,14H2,(H,15,16). The average molecular weight is 223 g/mol. The average Bonchev–Trinajstić information content (AvgIpc) is 2.25. The molecule has 0 saturated carbocycles. The zero-order valence-corrected chi connectivity index (χ0v) is 8.45. The van der Waals surface area contributed by atoms with Gasteiger partial charge in [0, 0.05) is 23.0 Å². The van der Waals surface area contributed by atoms with Gasteiger partial charge in [-0.15, -0.1) is 0 Å². The van der Waals surface area contributed by atoms with Crippen molar-refractivity contribution in [2.45, 2.75) is 6.43 Å². The number of halogens is 2. The number of rotatable bonds is 3. The summed E-state index contributed by atoms with van der Waals surface area (Å²) in [5.41, 5.74) is 7.56. The summed E-state index contributed by atoms with van der Waals surface area (Å²) in [6.07, 6.45) is -0.813. The van der Waals surface area contributed by atoms with Gasteiger partial charge in [-0.05, 0) is 24.3 Å². The van der Waals surface area contributed by atoms with Crippen LogP contribution in [0.4, 0.5) is 20.2 Å². The summed E-state index contributed by atoms with van der Waals surface area (Å²) in [5, 5.41) is 3.46. The van der Waals surface area contributed by atoms with Crippen molar-refractivity contribution in [3.63, 3.8) is 0 Å². The molecule has 2 aromatic rings. The fourth-order valence-electron chi connectivity index (χ4n) is 1.51. The number of anilines is 2. The first-order chi connectivity index (χ1) is 7.66. The minimum Gasteiger partial charge on any atom is -0.399 e. The SMILES string of the molecule is Nc1ccc2c(NCC(F)F)ccnc2c1. The van der Waals surface area contributed by atoms with Gasteiger partial charge in [0.05, 0.1) is 12.1 Å². The number of nitrogen functional groups attached to an aromatic ring is 1. The van der Waals surface area contributed by atoms with Crippen LogP contribution in [0.1, 0.15) is 0 Å². The molecule has 0 amide bonds. The maximum Gasteiger partial charge on any atom is 0.255 e. The van der Waals surface area contributed by atoms with Crippen molar-refractivity contribution in [3.8, 4) is 0 Å². The molecule has 0 aliphatic rings. The van der Waals surface area contributed by atoms with E-state index >= 15 is 0 Å². The largest absolute Gasteiger partial charge is 0.399 e. The van der Waals surface area contributed by atoms with Crippen LogP contribution in [0.25, 0.3) is 10.9 Å². The van der Waals surface area contributed by atoms with Gasteiger partial charge in [0.15, 0.2) is 0 Å². The molecule has 0 bridgehead atoms. The lowest BCUT2D eigenvalue weighted by molar-refractivity contribution is 0.163. The van der Waals surface area contributed by atoms with Crippen LogP contribution in [0.15, 0.2) is 30.5 Å². The first kappa shape index (κ1) is 10.6. The Labute approximate surface area is 91.3 Å². The lowest BCUT2D eigenvalue weighted by atomic mass is 10.1. The van der Waals surface area contributed by atoms with Crippen LogP contribution < -0.4 is 11.1 Å². The van der Waals surface area contributed by atoms with E-state index < -0.39 is 6.43 Å². The van der Waals surface area contributed by atoms with Crippen molar-refractivity contribution in [2.75, 3.05) is 17.6 Å². The molecule has 0 atom stereocenters. The zero-order valence-electron chi connectivity index (χ0n) is 8.45. The van der Waals surface area contributed by atoms with Crippen LogP contribution in [0.2, 0.25) is 0 Å². The number of nitrogens with one attached hydrogen (secondary N) is 1. The van der Waals surface area contributed by atoms with Crippen LogP contribution in [0.5, 0.6) is 0 Å². The van der Waals surface area contributed by atoms with Crippen LogP contribution >= 0.6 is 0 Å². The summed E-state index contributed by atoms with van der Waals surface area (Å²) in [7, 11) is 0. The number of benzene rings is 1. The molecule has 3 nitrogen and oxygen atoms in total. The quantitative estimate of drug-likeness (QED) is 0.786. The topological polar surface area (TPSA) is 50.9 Å². The van der Waals surface area contributed by atoms with Crippen LogP contribution in [-0.2, 0) is 0 Å². The number of hydrogen-bond acceptors (Lipinski definition) is 3. The van der Waals surface area contributed by atoms with Crippen molar-refractivity contribution in [2.24, 2.45) is 0 Å². The Morgan fingerprint density at radius 3 is 2.88 bits per heavy atom. The minimum atomic E-state index is -2.38. The second kappa shape index (κ2) is 4.30. The number of aromatic nitrogens is 1. The number of alkyl halides is 2. The van der Waals surface area contributed by atoms with Gasteiger partial charge in [0.25, 0.3) is 6.43 Å². The van der Waals surface area contributed by atoms with E-state index in [-0.39, 0.29) is 6.54 Å². The van der Waals surface area contributed by atoms with Crippen LogP contribution in [-0.4, -0.2) is 18.0 Å². The number of nitrogens with zero attached hydrogens (tertiary/aromatic N) is 1. The molecule has 0 fully saturated rings. The van der Waals surface area contributed by atoms with Crippen molar-refractivity contribution in [1.29, 1.82) is 0 Å². The molecule has 3 N–H and O–H groups in total. The molecule has 16 heavy (non-hydrogen) atoms. The fraction of sp³-hybridized carbons (Fsp3) is 0.182. The van der Waals surface area contributed by atoms with Gasteiger partial charge < -0.3 is 11.1 Å². The zero-order chi connectivity index (χ0) is 11.5. The van der Waals surface area contributed by atoms with Crippen molar-refractivity contribution in [1.82, 2.24) is 4.98 Å². The second-order valence-electron chi connectivity index (χ2n) is 3.41. The first-order valence-electron chi connectivity index (χ1n) is 4.83. The second-order valence-corrected chi connectivity index (χ2v) is 3.41. The fourth-order valence-corrected chi connectivity index (χ4v) is 1.51. The Balaban J connectivity index is 2.38. The molecule has 1 aromatic carbocycles. The van der Waals surface area contributed by atoms with Gasteiger partial charge in [-0.2, -0.15) is 0 Å². The number of fused-ring (bicyclic) bond motifs is 1. The molecule has 0 saturated heterocycles. The number of nitrogens with two attached hydrogens (primary N) is 1. The first-order valence-corrected chi connectivity index (χ1v) is 4.83. The highest BCUT2D eigenvalue weighted by Gasteiger charge is 2.05. The van der Waals surface area contributed by atoms with Crippen LogP contribution in [0.3, 0.4) is 0 Å². The Hall–Kier alpha value is -1.91. The normalized spacial score (nSPS) is 10.9. The van der Waals surface area contributed by atoms with Gasteiger partial charge in [-0.1, -0.05) is 0 Å². The van der Waals surface area contributed by atoms with Gasteiger partial charge in [0.2, 0.25) is 0 Å². The van der Waals surface area contributed by atoms with Gasteiger partial charge in [-0.25, -0.2) is 8.78 Å². The predicted molar refractivity (Wildman–Crippen MR) is 60.6 cm³/mol. The summed E-state index contributed by atoms with van der Waals surface area (Å²) in [6, 6.07) is 6.87. The summed E-state index contributed by atoms with van der Waals surface area (Å²) >= 11 is 0. The van der Waals surface area contributed by atoms with E-state index in [1.54, 1.807) is 30.5 Å². The van der Waals surface area contributed by atoms with Crippen molar-refractivity contribution in [3.05, 3.63) is 30.5 Å². The maximum atomic E-state index is 12.1. The maximum absolute atomic E-state index is 12.1. The molecule has 0 spiro atoms. The Morgan fingerprint density at radius 2 is 2.12 bits per heavy atom. The van der Waals surface area contributed by atoms with Gasteiger partial charge in [0.1, 0.15) is 0 Å². The molecule has 1 aromatic heterocycles. The monoisotopic (exact) mass is 223 g/mol. The molecule has 5 heteroatoms. The molecule has 0 aliphatic heterocycles. The summed E-state index contributed by atoms with van der Waals surface area (Å²) in [4.78, 5) is 4.12. The Kier molecular flexibility index (Phi) is 2.85. The van der Waals surface area contributed by atoms with Crippen molar-refractivity contribution >= 4 is 22.3 Å². The van der Waals surface area contributed by atoms with E-state index in [0.29, 0.717) is 16.9 Å². The molecule has 2 rings (SSSR count). The highest BCUT2D eigenvalue weighted by molar-refractivity contribution is 5.92. The smallest absolute Gasteiger partial charge is 0.255 e. The van der Waals surface area contributed by atoms with Crippen molar-refractivity contribution < 1.29 is 8.78 Å². The van der Waals surface area contributed by atoms with E-state index in [0.717, 1.165) is 5.39 Å². The summed E-state index contributed by atoms with van der Waals surface area (Å²) in [6.45, 7) is -0.372. The molecule has 0 unspecified atom stereocenters. The third-order valence-electron chi connectivity index (χ3n) is 2.21. The highest BCUT2D eigenvalue weighted by atomic mass is 19.3. The molecular weight excluding hydrogens is 212 g/mol. The molecule has 0 radical (unpaired) electrons. The summed E-state index contributed by atoms with van der Waals surface area (Å²) < 4.78 is 24.2. The third-order valence-corrected chi connectivity index (χ3v) is 2.21. The number of pyridine rings is 1. The summed E-state index contributed by atoms with van der Waals surface area (Å²) in [5.74, 6) is 0. The van der Waals surface area contributed by atoms with Gasteiger partial charge >= 0.3 is 0 Å². The molecular formula is C11H11F2N3. The van der Waals surface area contributed by atoms with E-state index in [2.05, 4.69) is 10.3 Å². The predicted octanol–water partition coefficient (Wildman–Crippen LogP) is 2.49.